The molecule has 0 bridgehead atoms. The van der Waals surface area contributed by atoms with Crippen LogP contribution in [0.3, 0.4) is 0 Å². The Bertz CT molecular complexity index is 425. The third-order valence-electron chi connectivity index (χ3n) is 4.19. The number of nitrogens with zero attached hydrogens (tertiary/aromatic N) is 2. The molecule has 0 saturated heterocycles. The summed E-state index contributed by atoms with van der Waals surface area (Å²) in [4.78, 5) is 9.27. The van der Waals surface area contributed by atoms with E-state index in [0.717, 1.165) is 48.3 Å². The van der Waals surface area contributed by atoms with Crippen LogP contribution >= 0.6 is 0 Å². The number of hydrogen-bond donors (Lipinski definition) is 2. The first-order valence-corrected chi connectivity index (χ1v) is 8.03. The normalized spacial score (nSPS) is 16.1. The average molecular weight is 276 g/mol. The lowest BCUT2D eigenvalue weighted by Crippen LogP contribution is -2.19. The lowest BCUT2D eigenvalue weighted by atomic mass is 9.89. The van der Waals surface area contributed by atoms with Crippen LogP contribution in [-0.2, 0) is 6.42 Å². The second kappa shape index (κ2) is 7.46. The Labute approximate surface area is 122 Å². The van der Waals surface area contributed by atoms with Gasteiger partial charge in [0.2, 0.25) is 0 Å². The fourth-order valence-corrected chi connectivity index (χ4v) is 2.95. The van der Waals surface area contributed by atoms with E-state index in [2.05, 4.69) is 29.5 Å². The Hall–Kier alpha value is -1.32. The molecule has 0 radical (unpaired) electrons. The zero-order valence-electron chi connectivity index (χ0n) is 13.1. The van der Waals surface area contributed by atoms with Crippen molar-refractivity contribution in [2.45, 2.75) is 58.8 Å². The smallest absolute Gasteiger partial charge is 0.134 e. The Balaban J connectivity index is 2.06. The molecule has 1 aliphatic carbocycles. The summed E-state index contributed by atoms with van der Waals surface area (Å²) in [5, 5.41) is 6.75. The largest absolute Gasteiger partial charge is 0.373 e. The molecule has 0 aliphatic heterocycles. The Morgan fingerprint density at radius 1 is 1.10 bits per heavy atom. The van der Waals surface area contributed by atoms with Gasteiger partial charge in [0.25, 0.3) is 0 Å². The van der Waals surface area contributed by atoms with Crippen LogP contribution in [0.1, 0.15) is 56.8 Å². The van der Waals surface area contributed by atoms with Crippen molar-refractivity contribution >= 4 is 11.6 Å². The van der Waals surface area contributed by atoms with Gasteiger partial charge in [-0.15, -0.1) is 0 Å². The molecule has 1 aliphatic rings. The van der Waals surface area contributed by atoms with E-state index >= 15 is 0 Å². The molecule has 0 unspecified atom stereocenters. The summed E-state index contributed by atoms with van der Waals surface area (Å²) < 4.78 is 0. The summed E-state index contributed by atoms with van der Waals surface area (Å²) in [6, 6.07) is 0. The van der Waals surface area contributed by atoms with E-state index in [4.69, 9.17) is 4.98 Å². The van der Waals surface area contributed by atoms with Crippen molar-refractivity contribution in [2.24, 2.45) is 5.92 Å². The van der Waals surface area contributed by atoms with Gasteiger partial charge in [-0.3, -0.25) is 0 Å². The van der Waals surface area contributed by atoms with Gasteiger partial charge in [0, 0.05) is 25.6 Å². The maximum absolute atomic E-state index is 4.69. The molecule has 0 aromatic carbocycles. The van der Waals surface area contributed by atoms with Crippen molar-refractivity contribution in [3.63, 3.8) is 0 Å². The molecule has 0 spiro atoms. The van der Waals surface area contributed by atoms with Crippen LogP contribution in [0.4, 0.5) is 11.6 Å². The topological polar surface area (TPSA) is 49.8 Å². The molecule has 4 heteroatoms. The van der Waals surface area contributed by atoms with Crippen molar-refractivity contribution in [1.82, 2.24) is 9.97 Å². The number of anilines is 2. The van der Waals surface area contributed by atoms with E-state index in [1.807, 2.05) is 7.05 Å². The van der Waals surface area contributed by atoms with Gasteiger partial charge in [-0.05, 0) is 32.1 Å². The van der Waals surface area contributed by atoms with Crippen molar-refractivity contribution in [2.75, 3.05) is 24.2 Å². The summed E-state index contributed by atoms with van der Waals surface area (Å²) in [6.07, 6.45) is 8.92. The average Bonchev–Trinajstić information content (AvgIpc) is 2.48. The highest BCUT2D eigenvalue weighted by Crippen LogP contribution is 2.25. The molecule has 112 valence electrons. The van der Waals surface area contributed by atoms with Crippen LogP contribution in [0.15, 0.2) is 0 Å². The van der Waals surface area contributed by atoms with E-state index in [0.29, 0.717) is 0 Å². The maximum atomic E-state index is 4.69. The van der Waals surface area contributed by atoms with Crippen molar-refractivity contribution < 1.29 is 0 Å². The number of nitrogens with one attached hydrogen (secondary N) is 2. The number of hydrogen-bond acceptors (Lipinski definition) is 4. The summed E-state index contributed by atoms with van der Waals surface area (Å²) >= 11 is 0. The van der Waals surface area contributed by atoms with Gasteiger partial charge in [0.05, 0.1) is 0 Å². The fourth-order valence-electron chi connectivity index (χ4n) is 2.95. The van der Waals surface area contributed by atoms with E-state index in [1.54, 1.807) is 0 Å². The molecule has 0 amide bonds. The molecule has 1 fully saturated rings. The Morgan fingerprint density at radius 3 is 2.45 bits per heavy atom. The summed E-state index contributed by atoms with van der Waals surface area (Å²) in [5.74, 6) is 3.72. The molecule has 4 nitrogen and oxygen atoms in total. The van der Waals surface area contributed by atoms with Crippen LogP contribution in [0.5, 0.6) is 0 Å². The summed E-state index contributed by atoms with van der Waals surface area (Å²) in [7, 11) is 1.93. The van der Waals surface area contributed by atoms with Gasteiger partial charge in [0.15, 0.2) is 0 Å². The number of rotatable bonds is 6. The standard InChI is InChI=1S/C16H28N4/c1-4-8-14-19-15(17-3)12(2)16(20-14)18-11-13-9-6-5-7-10-13/h13H,4-11H2,1-3H3,(H2,17,18,19,20). The molecular weight excluding hydrogens is 248 g/mol. The van der Waals surface area contributed by atoms with Crippen LogP contribution in [-0.4, -0.2) is 23.6 Å². The second-order valence-corrected chi connectivity index (χ2v) is 5.85. The lowest BCUT2D eigenvalue weighted by Gasteiger charge is -2.23. The quantitative estimate of drug-likeness (QED) is 0.830. The molecule has 1 saturated carbocycles. The van der Waals surface area contributed by atoms with Gasteiger partial charge < -0.3 is 10.6 Å². The minimum absolute atomic E-state index is 0.811. The van der Waals surface area contributed by atoms with Crippen molar-refractivity contribution in [3.8, 4) is 0 Å². The van der Waals surface area contributed by atoms with Gasteiger partial charge >= 0.3 is 0 Å². The van der Waals surface area contributed by atoms with E-state index < -0.39 is 0 Å². The molecule has 1 aromatic heterocycles. The predicted octanol–water partition coefficient (Wildman–Crippen LogP) is 3.77. The first-order chi connectivity index (χ1) is 9.74. The van der Waals surface area contributed by atoms with Gasteiger partial charge in [-0.25, -0.2) is 9.97 Å². The zero-order chi connectivity index (χ0) is 14.4. The van der Waals surface area contributed by atoms with Gasteiger partial charge in [-0.1, -0.05) is 26.2 Å². The Morgan fingerprint density at radius 2 is 1.80 bits per heavy atom. The van der Waals surface area contributed by atoms with Crippen LogP contribution in [0, 0.1) is 12.8 Å². The highest BCUT2D eigenvalue weighted by Gasteiger charge is 2.15. The lowest BCUT2D eigenvalue weighted by molar-refractivity contribution is 0.373. The molecule has 2 rings (SSSR count). The minimum atomic E-state index is 0.811. The highest BCUT2D eigenvalue weighted by atomic mass is 15.1. The fraction of sp³-hybridized carbons (Fsp3) is 0.750. The SMILES string of the molecule is CCCc1nc(NC)c(C)c(NCC2CCCCC2)n1. The summed E-state index contributed by atoms with van der Waals surface area (Å²) in [5.41, 5.74) is 1.13. The van der Waals surface area contributed by atoms with Crippen molar-refractivity contribution in [3.05, 3.63) is 11.4 Å². The maximum Gasteiger partial charge on any atom is 0.134 e. The van der Waals surface area contributed by atoms with Crippen LogP contribution in [0.2, 0.25) is 0 Å². The predicted molar refractivity (Wildman–Crippen MR) is 85.4 cm³/mol. The van der Waals surface area contributed by atoms with Crippen LogP contribution in [0.25, 0.3) is 0 Å². The van der Waals surface area contributed by atoms with E-state index in [1.165, 1.54) is 32.1 Å². The highest BCUT2D eigenvalue weighted by molar-refractivity contribution is 5.57. The third-order valence-corrected chi connectivity index (χ3v) is 4.19. The molecular formula is C16H28N4. The molecule has 1 heterocycles. The first kappa shape index (κ1) is 15.1. The van der Waals surface area contributed by atoms with E-state index in [-0.39, 0.29) is 0 Å². The molecule has 0 atom stereocenters. The van der Waals surface area contributed by atoms with Gasteiger partial charge in [0.1, 0.15) is 17.5 Å². The summed E-state index contributed by atoms with van der Waals surface area (Å²) in [6.45, 7) is 5.30. The molecule has 2 N–H and O–H groups in total. The number of aromatic nitrogens is 2. The minimum Gasteiger partial charge on any atom is -0.373 e. The number of aryl methyl sites for hydroxylation is 1. The third kappa shape index (κ3) is 3.84. The zero-order valence-corrected chi connectivity index (χ0v) is 13.1. The first-order valence-electron chi connectivity index (χ1n) is 8.03. The van der Waals surface area contributed by atoms with E-state index in [9.17, 15) is 0 Å². The molecule has 20 heavy (non-hydrogen) atoms. The molecule has 1 aromatic rings. The Kier molecular flexibility index (Phi) is 5.62. The van der Waals surface area contributed by atoms with Crippen LogP contribution < -0.4 is 10.6 Å². The van der Waals surface area contributed by atoms with Gasteiger partial charge in [-0.2, -0.15) is 0 Å². The second-order valence-electron chi connectivity index (χ2n) is 5.85. The monoisotopic (exact) mass is 276 g/mol. The van der Waals surface area contributed by atoms with Crippen molar-refractivity contribution in [1.29, 1.82) is 0 Å².